The lowest BCUT2D eigenvalue weighted by Gasteiger charge is -2.19. The Morgan fingerprint density at radius 3 is 3.00 bits per heavy atom. The number of hydrogen-bond acceptors (Lipinski definition) is 2. The highest BCUT2D eigenvalue weighted by atomic mass is 35.5. The Hall–Kier alpha value is -0.730. The SMILES string of the molecule is CCC1CCC(C(O)Cc2cc(Cl)cc3c2OCC3)C1. The highest BCUT2D eigenvalue weighted by Gasteiger charge is 2.30. The molecule has 1 aliphatic carbocycles. The molecule has 3 heteroatoms. The maximum atomic E-state index is 10.5. The Labute approximate surface area is 126 Å². The first-order valence-corrected chi connectivity index (χ1v) is 8.17. The van der Waals surface area contributed by atoms with E-state index in [0.29, 0.717) is 12.3 Å². The van der Waals surface area contributed by atoms with Gasteiger partial charge in [-0.2, -0.15) is 0 Å². The van der Waals surface area contributed by atoms with Crippen LogP contribution in [0.25, 0.3) is 0 Å². The molecule has 2 aliphatic rings. The molecule has 1 aromatic rings. The first-order chi connectivity index (χ1) is 9.67. The van der Waals surface area contributed by atoms with Crippen LogP contribution in [0.15, 0.2) is 12.1 Å². The van der Waals surface area contributed by atoms with Gasteiger partial charge in [0.1, 0.15) is 5.75 Å². The van der Waals surface area contributed by atoms with Crippen molar-refractivity contribution in [3.8, 4) is 5.75 Å². The molecule has 2 nitrogen and oxygen atoms in total. The third kappa shape index (κ3) is 2.82. The van der Waals surface area contributed by atoms with E-state index in [2.05, 4.69) is 6.92 Å². The van der Waals surface area contributed by atoms with Gasteiger partial charge in [0.15, 0.2) is 0 Å². The fraction of sp³-hybridized carbons (Fsp3) is 0.647. The van der Waals surface area contributed by atoms with Crippen LogP contribution in [0.5, 0.6) is 5.75 Å². The second-order valence-corrected chi connectivity index (χ2v) is 6.71. The van der Waals surface area contributed by atoms with Gasteiger partial charge >= 0.3 is 0 Å². The van der Waals surface area contributed by atoms with Crippen molar-refractivity contribution >= 4 is 11.6 Å². The Kier molecular flexibility index (Phi) is 4.23. The molecular weight excluding hydrogens is 272 g/mol. The Morgan fingerprint density at radius 2 is 2.25 bits per heavy atom. The molecule has 1 fully saturated rings. The van der Waals surface area contributed by atoms with Gasteiger partial charge < -0.3 is 9.84 Å². The number of rotatable bonds is 4. The highest BCUT2D eigenvalue weighted by molar-refractivity contribution is 6.30. The highest BCUT2D eigenvalue weighted by Crippen LogP contribution is 2.38. The van der Waals surface area contributed by atoms with Gasteiger partial charge in [0.05, 0.1) is 12.7 Å². The Bertz CT molecular complexity index is 486. The van der Waals surface area contributed by atoms with Crippen LogP contribution in [0.1, 0.15) is 43.7 Å². The summed E-state index contributed by atoms with van der Waals surface area (Å²) in [4.78, 5) is 0. The molecule has 0 aromatic heterocycles. The van der Waals surface area contributed by atoms with Gasteiger partial charge in [0, 0.05) is 17.9 Å². The second-order valence-electron chi connectivity index (χ2n) is 6.27. The fourth-order valence-electron chi connectivity index (χ4n) is 3.72. The number of ether oxygens (including phenoxy) is 1. The Morgan fingerprint density at radius 1 is 1.40 bits per heavy atom. The molecule has 0 radical (unpaired) electrons. The van der Waals surface area contributed by atoms with Crippen LogP contribution in [-0.2, 0) is 12.8 Å². The molecule has 3 atom stereocenters. The summed E-state index contributed by atoms with van der Waals surface area (Å²) < 4.78 is 5.72. The number of aliphatic hydroxyl groups excluding tert-OH is 1. The molecule has 110 valence electrons. The van der Waals surface area contributed by atoms with Crippen LogP contribution < -0.4 is 4.74 Å². The molecular formula is C17H23ClO2. The van der Waals surface area contributed by atoms with Crippen LogP contribution in [0.3, 0.4) is 0 Å². The van der Waals surface area contributed by atoms with Crippen molar-refractivity contribution in [2.45, 2.75) is 51.6 Å². The minimum atomic E-state index is -0.265. The van der Waals surface area contributed by atoms with E-state index in [1.807, 2.05) is 12.1 Å². The molecule has 0 saturated heterocycles. The first-order valence-electron chi connectivity index (χ1n) is 7.79. The zero-order valence-electron chi connectivity index (χ0n) is 12.1. The second kappa shape index (κ2) is 5.95. The zero-order valence-corrected chi connectivity index (χ0v) is 12.8. The average molecular weight is 295 g/mol. The van der Waals surface area contributed by atoms with E-state index in [-0.39, 0.29) is 6.10 Å². The summed E-state index contributed by atoms with van der Waals surface area (Å²) in [7, 11) is 0. The molecule has 1 aromatic carbocycles. The van der Waals surface area contributed by atoms with Gasteiger partial charge in [0.25, 0.3) is 0 Å². The number of halogens is 1. The lowest BCUT2D eigenvalue weighted by Crippen LogP contribution is -2.21. The predicted octanol–water partition coefficient (Wildman–Crippen LogP) is 4.00. The summed E-state index contributed by atoms with van der Waals surface area (Å²) in [5.74, 6) is 2.21. The van der Waals surface area contributed by atoms with Crippen LogP contribution in [0, 0.1) is 11.8 Å². The van der Waals surface area contributed by atoms with Gasteiger partial charge in [-0.3, -0.25) is 0 Å². The molecule has 20 heavy (non-hydrogen) atoms. The lowest BCUT2D eigenvalue weighted by atomic mass is 9.92. The van der Waals surface area contributed by atoms with E-state index in [0.717, 1.165) is 41.7 Å². The van der Waals surface area contributed by atoms with Gasteiger partial charge in [-0.15, -0.1) is 0 Å². The number of hydrogen-bond donors (Lipinski definition) is 1. The predicted molar refractivity (Wildman–Crippen MR) is 81.5 cm³/mol. The minimum absolute atomic E-state index is 0.265. The van der Waals surface area contributed by atoms with E-state index in [1.165, 1.54) is 24.8 Å². The van der Waals surface area contributed by atoms with E-state index in [9.17, 15) is 5.11 Å². The van der Waals surface area contributed by atoms with Crippen molar-refractivity contribution in [1.29, 1.82) is 0 Å². The van der Waals surface area contributed by atoms with Crippen molar-refractivity contribution < 1.29 is 9.84 Å². The first kappa shape index (κ1) is 14.2. The fourth-order valence-corrected chi connectivity index (χ4v) is 3.99. The van der Waals surface area contributed by atoms with Gasteiger partial charge in [-0.25, -0.2) is 0 Å². The monoisotopic (exact) mass is 294 g/mol. The van der Waals surface area contributed by atoms with E-state index >= 15 is 0 Å². The van der Waals surface area contributed by atoms with Crippen molar-refractivity contribution in [1.82, 2.24) is 0 Å². The summed E-state index contributed by atoms with van der Waals surface area (Å²) >= 11 is 6.18. The molecule has 3 rings (SSSR count). The van der Waals surface area contributed by atoms with Crippen molar-refractivity contribution in [3.05, 3.63) is 28.3 Å². The lowest BCUT2D eigenvalue weighted by molar-refractivity contribution is 0.108. The Balaban J connectivity index is 1.72. The van der Waals surface area contributed by atoms with Crippen LogP contribution in [0.4, 0.5) is 0 Å². The van der Waals surface area contributed by atoms with Crippen molar-refractivity contribution in [3.63, 3.8) is 0 Å². The third-order valence-corrected chi connectivity index (χ3v) is 5.18. The van der Waals surface area contributed by atoms with Crippen LogP contribution in [-0.4, -0.2) is 17.8 Å². The maximum absolute atomic E-state index is 10.5. The number of benzene rings is 1. The topological polar surface area (TPSA) is 29.5 Å². The van der Waals surface area contributed by atoms with Crippen LogP contribution >= 0.6 is 11.6 Å². The van der Waals surface area contributed by atoms with E-state index in [1.54, 1.807) is 0 Å². The van der Waals surface area contributed by atoms with E-state index < -0.39 is 0 Å². The molecule has 0 spiro atoms. The third-order valence-electron chi connectivity index (χ3n) is 4.96. The maximum Gasteiger partial charge on any atom is 0.126 e. The van der Waals surface area contributed by atoms with Crippen molar-refractivity contribution in [2.75, 3.05) is 6.61 Å². The molecule has 1 saturated carbocycles. The van der Waals surface area contributed by atoms with Crippen LogP contribution in [0.2, 0.25) is 5.02 Å². The largest absolute Gasteiger partial charge is 0.493 e. The molecule has 1 aliphatic heterocycles. The standard InChI is InChI=1S/C17H23ClO2/c1-2-11-3-4-12(7-11)16(19)10-14-9-15(18)8-13-5-6-20-17(13)14/h8-9,11-12,16,19H,2-7,10H2,1H3. The molecule has 1 N–H and O–H groups in total. The smallest absolute Gasteiger partial charge is 0.126 e. The van der Waals surface area contributed by atoms with Gasteiger partial charge in [-0.05, 0) is 47.9 Å². The normalized spacial score (nSPS) is 26.4. The van der Waals surface area contributed by atoms with E-state index in [4.69, 9.17) is 16.3 Å². The molecule has 3 unspecified atom stereocenters. The molecule has 0 amide bonds. The summed E-state index contributed by atoms with van der Waals surface area (Å²) in [5, 5.41) is 11.3. The minimum Gasteiger partial charge on any atom is -0.493 e. The van der Waals surface area contributed by atoms with Gasteiger partial charge in [0.2, 0.25) is 0 Å². The zero-order chi connectivity index (χ0) is 14.1. The summed E-state index contributed by atoms with van der Waals surface area (Å²) in [6.07, 6.45) is 6.16. The number of aliphatic hydroxyl groups is 1. The molecule has 0 bridgehead atoms. The summed E-state index contributed by atoms with van der Waals surface area (Å²) in [6.45, 7) is 2.98. The molecule has 1 heterocycles. The summed E-state index contributed by atoms with van der Waals surface area (Å²) in [6, 6.07) is 3.95. The quantitative estimate of drug-likeness (QED) is 0.909. The summed E-state index contributed by atoms with van der Waals surface area (Å²) in [5.41, 5.74) is 2.27. The van der Waals surface area contributed by atoms with Crippen molar-refractivity contribution in [2.24, 2.45) is 11.8 Å². The number of fused-ring (bicyclic) bond motifs is 1. The average Bonchev–Trinajstić information content (AvgIpc) is 3.06. The van der Waals surface area contributed by atoms with Gasteiger partial charge in [-0.1, -0.05) is 31.4 Å².